The van der Waals surface area contributed by atoms with E-state index in [2.05, 4.69) is 15.0 Å². The van der Waals surface area contributed by atoms with Crippen molar-refractivity contribution in [3.05, 3.63) is 12.7 Å². The van der Waals surface area contributed by atoms with Crippen LogP contribution in [-0.2, 0) is 20.4 Å². The first kappa shape index (κ1) is 20.7. The number of aliphatic carboxylic acids is 1. The van der Waals surface area contributed by atoms with Gasteiger partial charge in [-0.15, -0.1) is 0 Å². The topological polar surface area (TPSA) is 185 Å². The molecule has 0 radical (unpaired) electrons. The lowest BCUT2D eigenvalue weighted by Gasteiger charge is -2.17. The van der Waals surface area contributed by atoms with Gasteiger partial charge in [-0.05, 0) is 17.8 Å². The van der Waals surface area contributed by atoms with Crippen LogP contribution in [0.5, 0.6) is 0 Å². The summed E-state index contributed by atoms with van der Waals surface area (Å²) in [6.45, 7) is 1.98. The third kappa shape index (κ3) is 4.05. The van der Waals surface area contributed by atoms with Gasteiger partial charge in [0, 0.05) is 12.5 Å². The Hall–Kier alpha value is -1.99. The predicted molar refractivity (Wildman–Crippen MR) is 101 cm³/mol. The van der Waals surface area contributed by atoms with Crippen LogP contribution >= 0.6 is 0 Å². The fourth-order valence-electron chi connectivity index (χ4n) is 3.14. The normalized spacial score (nSPS) is 27.1. The van der Waals surface area contributed by atoms with Gasteiger partial charge in [-0.2, -0.15) is 0 Å². The van der Waals surface area contributed by atoms with Gasteiger partial charge in [-0.25, -0.2) is 15.0 Å². The summed E-state index contributed by atoms with van der Waals surface area (Å²) >= 11 is 0. The minimum Gasteiger partial charge on any atom is -0.548 e. The monoisotopic (exact) mass is 412 g/mol. The number of carbonyl (C=O) groups is 1. The van der Waals surface area contributed by atoms with Gasteiger partial charge in [0.05, 0.1) is 12.3 Å². The number of aliphatic hydroxyl groups is 2. The molecule has 0 amide bonds. The second-order valence-corrected chi connectivity index (χ2v) is 9.16. The molecule has 0 aromatic carbocycles. The third-order valence-electron chi connectivity index (χ3n) is 4.83. The second kappa shape index (κ2) is 8.57. The SMILES string of the molecule is CC[S+](CCC(N)C(=O)[O-])CC1OC(n2cnc3c(N)ncnc32)C(O)C1O. The molecule has 12 heteroatoms. The summed E-state index contributed by atoms with van der Waals surface area (Å²) in [4.78, 5) is 23.0. The maximum Gasteiger partial charge on any atom is 0.167 e. The maximum absolute atomic E-state index is 10.8. The second-order valence-electron chi connectivity index (χ2n) is 6.62. The number of carbonyl (C=O) groups excluding carboxylic acids is 1. The maximum atomic E-state index is 10.8. The Morgan fingerprint density at radius 2 is 2.14 bits per heavy atom. The fraction of sp³-hybridized carbons (Fsp3) is 0.625. The molecule has 6 unspecified atom stereocenters. The number of fused-ring (bicyclic) bond motifs is 1. The van der Waals surface area contributed by atoms with Crippen LogP contribution in [0, 0.1) is 0 Å². The van der Waals surface area contributed by atoms with Gasteiger partial charge in [0.25, 0.3) is 0 Å². The number of imidazole rings is 1. The summed E-state index contributed by atoms with van der Waals surface area (Å²) in [6.07, 6.45) is -0.733. The lowest BCUT2D eigenvalue weighted by Crippen LogP contribution is -2.43. The number of rotatable bonds is 8. The summed E-state index contributed by atoms with van der Waals surface area (Å²) < 4.78 is 7.46. The summed E-state index contributed by atoms with van der Waals surface area (Å²) in [6, 6.07) is -1.02. The van der Waals surface area contributed by atoms with Gasteiger partial charge in [-0.1, -0.05) is 0 Å². The number of carboxylic acid groups (broad SMARTS) is 1. The van der Waals surface area contributed by atoms with Crippen LogP contribution in [0.3, 0.4) is 0 Å². The molecule has 154 valence electrons. The molecule has 2 aromatic rings. The van der Waals surface area contributed by atoms with Crippen molar-refractivity contribution in [1.82, 2.24) is 19.5 Å². The molecule has 0 saturated carbocycles. The Bertz CT molecular complexity index is 835. The van der Waals surface area contributed by atoms with Crippen LogP contribution in [0.15, 0.2) is 12.7 Å². The zero-order chi connectivity index (χ0) is 20.4. The van der Waals surface area contributed by atoms with Crippen molar-refractivity contribution in [2.75, 3.05) is 23.0 Å². The van der Waals surface area contributed by atoms with Crippen LogP contribution in [0.25, 0.3) is 11.2 Å². The molecule has 6 N–H and O–H groups in total. The molecule has 0 spiro atoms. The summed E-state index contributed by atoms with van der Waals surface area (Å²) in [5.74, 6) is 0.779. The highest BCUT2D eigenvalue weighted by Gasteiger charge is 2.47. The molecule has 0 aliphatic carbocycles. The first-order valence-corrected chi connectivity index (χ1v) is 10.6. The molecule has 11 nitrogen and oxygen atoms in total. The molecule has 28 heavy (non-hydrogen) atoms. The molecule has 2 aromatic heterocycles. The molecule has 6 atom stereocenters. The fourth-order valence-corrected chi connectivity index (χ4v) is 5.16. The number of aliphatic hydroxyl groups excluding tert-OH is 2. The Morgan fingerprint density at radius 1 is 1.39 bits per heavy atom. The van der Waals surface area contributed by atoms with Gasteiger partial charge >= 0.3 is 0 Å². The highest BCUT2D eigenvalue weighted by atomic mass is 32.2. The molecule has 0 bridgehead atoms. The smallest absolute Gasteiger partial charge is 0.167 e. The Balaban J connectivity index is 1.71. The molecule has 1 aliphatic heterocycles. The Labute approximate surface area is 164 Å². The average Bonchev–Trinajstić information content (AvgIpc) is 3.21. The van der Waals surface area contributed by atoms with E-state index in [0.717, 1.165) is 5.75 Å². The zero-order valence-corrected chi connectivity index (χ0v) is 16.2. The number of hydrogen-bond donors (Lipinski definition) is 4. The highest BCUT2D eigenvalue weighted by molar-refractivity contribution is 7.96. The zero-order valence-electron chi connectivity index (χ0n) is 15.3. The van der Waals surface area contributed by atoms with Gasteiger partial charge in [0.1, 0.15) is 47.4 Å². The quantitative estimate of drug-likeness (QED) is 0.328. The van der Waals surface area contributed by atoms with Gasteiger partial charge in [0.2, 0.25) is 0 Å². The van der Waals surface area contributed by atoms with E-state index in [1.165, 1.54) is 17.2 Å². The summed E-state index contributed by atoms with van der Waals surface area (Å²) in [7, 11) is -0.224. The largest absolute Gasteiger partial charge is 0.548 e. The lowest BCUT2D eigenvalue weighted by molar-refractivity contribution is -0.307. The molecule has 1 fully saturated rings. The number of hydrogen-bond acceptors (Lipinski definition) is 10. The molecule has 1 saturated heterocycles. The van der Waals surface area contributed by atoms with Gasteiger partial charge < -0.3 is 36.3 Å². The number of anilines is 1. The van der Waals surface area contributed by atoms with Crippen LogP contribution in [0.1, 0.15) is 19.6 Å². The van der Waals surface area contributed by atoms with E-state index in [1.54, 1.807) is 0 Å². The highest BCUT2D eigenvalue weighted by Crippen LogP contribution is 2.32. The van der Waals surface area contributed by atoms with Crippen molar-refractivity contribution >= 4 is 33.8 Å². The van der Waals surface area contributed by atoms with Crippen molar-refractivity contribution in [1.29, 1.82) is 0 Å². The Morgan fingerprint density at radius 3 is 2.82 bits per heavy atom. The number of ether oxygens (including phenoxy) is 1. The van der Waals surface area contributed by atoms with Crippen molar-refractivity contribution in [3.8, 4) is 0 Å². The van der Waals surface area contributed by atoms with E-state index >= 15 is 0 Å². The minimum absolute atomic E-state index is 0.213. The summed E-state index contributed by atoms with van der Waals surface area (Å²) in [5.41, 5.74) is 12.1. The third-order valence-corrected chi connectivity index (χ3v) is 7.26. The van der Waals surface area contributed by atoms with Crippen molar-refractivity contribution in [2.45, 2.75) is 43.9 Å². The van der Waals surface area contributed by atoms with Crippen LogP contribution in [-0.4, -0.2) is 77.3 Å². The Kier molecular flexibility index (Phi) is 6.35. The number of carboxylic acids is 1. The molecule has 1 aliphatic rings. The average molecular weight is 412 g/mol. The lowest BCUT2D eigenvalue weighted by atomic mass is 10.1. The van der Waals surface area contributed by atoms with Crippen LogP contribution in [0.2, 0.25) is 0 Å². The molecule has 3 rings (SSSR count). The standard InChI is InChI=1S/C16H24N6O5S/c1-2-28(4-3-8(17)16(25)26)5-9-11(23)12(24)15(27-9)22-7-21-10-13(18)19-6-20-14(10)22/h6-9,11-12,15,23-24H,2-5,17H2,1H3,(H2-,18,19,20,25,26). The summed E-state index contributed by atoms with van der Waals surface area (Å²) in [5, 5.41) is 31.8. The van der Waals surface area contributed by atoms with Crippen molar-refractivity contribution in [2.24, 2.45) is 5.73 Å². The van der Waals surface area contributed by atoms with E-state index in [9.17, 15) is 20.1 Å². The van der Waals surface area contributed by atoms with E-state index < -0.39 is 36.6 Å². The number of aromatic nitrogens is 4. The van der Waals surface area contributed by atoms with E-state index in [0.29, 0.717) is 22.7 Å². The van der Waals surface area contributed by atoms with Crippen LogP contribution < -0.4 is 16.6 Å². The molecule has 3 heterocycles. The van der Waals surface area contributed by atoms with Crippen LogP contribution in [0.4, 0.5) is 5.82 Å². The minimum atomic E-state index is -1.28. The van der Waals surface area contributed by atoms with Crippen molar-refractivity contribution in [3.63, 3.8) is 0 Å². The first-order valence-electron chi connectivity index (χ1n) is 8.88. The van der Waals surface area contributed by atoms with Gasteiger partial charge in [-0.3, -0.25) is 4.57 Å². The van der Waals surface area contributed by atoms with E-state index in [1.807, 2.05) is 6.92 Å². The van der Waals surface area contributed by atoms with E-state index in [-0.39, 0.29) is 23.1 Å². The number of nitrogens with two attached hydrogens (primary N) is 2. The van der Waals surface area contributed by atoms with E-state index in [4.69, 9.17) is 16.2 Å². The molecular weight excluding hydrogens is 388 g/mol. The predicted octanol–water partition coefficient (Wildman–Crippen LogP) is -2.87. The number of nitrogen functional groups attached to an aromatic ring is 1. The molecular formula is C16H24N6O5S. The number of nitrogens with zero attached hydrogens (tertiary/aromatic N) is 4. The van der Waals surface area contributed by atoms with Gasteiger partial charge in [0.15, 0.2) is 17.7 Å². The van der Waals surface area contributed by atoms with Crippen molar-refractivity contribution < 1.29 is 24.9 Å². The first-order chi connectivity index (χ1) is 13.3.